The van der Waals surface area contributed by atoms with Crippen molar-refractivity contribution >= 4 is 12.0 Å². The molecular weight excluding hydrogens is 198 g/mol. The van der Waals surface area contributed by atoms with Gasteiger partial charge in [-0.1, -0.05) is 30.3 Å². The molecule has 0 aliphatic heterocycles. The fourth-order valence-electron chi connectivity index (χ4n) is 1.17. The lowest BCUT2D eigenvalue weighted by atomic mass is 10.0. The summed E-state index contributed by atoms with van der Waals surface area (Å²) in [7, 11) is 0. The zero-order valence-electron chi connectivity index (χ0n) is 7.70. The Morgan fingerprint density at radius 1 is 1.33 bits per heavy atom. The maximum Gasteiger partial charge on any atom is 0.335 e. The zero-order valence-corrected chi connectivity index (χ0v) is 7.70. The summed E-state index contributed by atoms with van der Waals surface area (Å²) in [4.78, 5) is 23.9. The van der Waals surface area contributed by atoms with E-state index in [0.717, 1.165) is 0 Å². The smallest absolute Gasteiger partial charge is 0.335 e. The molecule has 0 bridgehead atoms. The third-order valence-corrected chi connectivity index (χ3v) is 1.88. The molecule has 0 amide bonds. The second kappa shape index (κ2) is 5.05. The highest BCUT2D eigenvalue weighted by molar-refractivity contribution is 5.73. The number of rotatable bonds is 4. The minimum atomic E-state index is -1.74. The van der Waals surface area contributed by atoms with Crippen LogP contribution in [0.3, 0.4) is 0 Å². The van der Waals surface area contributed by atoms with Gasteiger partial charge in [0.1, 0.15) is 6.04 Å². The van der Waals surface area contributed by atoms with E-state index in [2.05, 4.69) is 4.99 Å². The van der Waals surface area contributed by atoms with Crippen LogP contribution in [-0.4, -0.2) is 28.4 Å². The van der Waals surface area contributed by atoms with Gasteiger partial charge >= 0.3 is 5.97 Å². The first kappa shape index (κ1) is 11.1. The van der Waals surface area contributed by atoms with E-state index in [1.165, 1.54) is 6.08 Å². The van der Waals surface area contributed by atoms with Crippen LogP contribution in [0.2, 0.25) is 0 Å². The number of carboxylic acid groups (broad SMARTS) is 1. The van der Waals surface area contributed by atoms with Gasteiger partial charge in [0.2, 0.25) is 6.08 Å². The van der Waals surface area contributed by atoms with E-state index in [9.17, 15) is 14.7 Å². The molecule has 2 atom stereocenters. The highest BCUT2D eigenvalue weighted by Gasteiger charge is 2.26. The van der Waals surface area contributed by atoms with Crippen LogP contribution >= 0.6 is 0 Å². The van der Waals surface area contributed by atoms with E-state index in [1.807, 2.05) is 0 Å². The zero-order chi connectivity index (χ0) is 11.3. The average molecular weight is 207 g/mol. The number of aliphatic carboxylic acids is 1. The summed E-state index contributed by atoms with van der Waals surface area (Å²) in [6.07, 6.45) is -0.488. The molecule has 5 heteroatoms. The number of hydrogen-bond acceptors (Lipinski definition) is 4. The molecule has 0 saturated carbocycles. The van der Waals surface area contributed by atoms with Crippen molar-refractivity contribution in [1.29, 1.82) is 0 Å². The molecule has 5 nitrogen and oxygen atoms in total. The molecule has 1 aromatic rings. The van der Waals surface area contributed by atoms with Gasteiger partial charge in [0, 0.05) is 0 Å². The first-order valence-corrected chi connectivity index (χ1v) is 4.19. The first-order chi connectivity index (χ1) is 7.16. The Bertz CT molecular complexity index is 384. The van der Waals surface area contributed by atoms with Crippen molar-refractivity contribution < 1.29 is 19.8 Å². The van der Waals surface area contributed by atoms with Crippen LogP contribution in [0, 0.1) is 0 Å². The molecule has 0 radical (unpaired) electrons. The van der Waals surface area contributed by atoms with E-state index < -0.39 is 18.1 Å². The number of nitrogens with zero attached hydrogens (tertiary/aromatic N) is 1. The number of carbonyl (C=O) groups excluding carboxylic acids is 1. The van der Waals surface area contributed by atoms with Crippen molar-refractivity contribution in [2.24, 2.45) is 4.99 Å². The number of aliphatic imine (C=N–C) groups is 1. The molecule has 15 heavy (non-hydrogen) atoms. The number of aliphatic hydroxyl groups excluding tert-OH is 1. The third-order valence-electron chi connectivity index (χ3n) is 1.88. The largest absolute Gasteiger partial charge is 0.479 e. The number of isocyanates is 1. The van der Waals surface area contributed by atoms with Crippen molar-refractivity contribution in [3.05, 3.63) is 35.9 Å². The maximum atomic E-state index is 10.5. The van der Waals surface area contributed by atoms with E-state index in [1.54, 1.807) is 30.3 Å². The van der Waals surface area contributed by atoms with E-state index >= 15 is 0 Å². The van der Waals surface area contributed by atoms with Gasteiger partial charge < -0.3 is 10.2 Å². The summed E-state index contributed by atoms with van der Waals surface area (Å²) >= 11 is 0. The molecule has 0 aliphatic rings. The van der Waals surface area contributed by atoms with Gasteiger partial charge in [0.15, 0.2) is 6.10 Å². The molecule has 1 aromatic carbocycles. The topological polar surface area (TPSA) is 87.0 Å². The molecule has 0 aliphatic carbocycles. The molecule has 1 rings (SSSR count). The van der Waals surface area contributed by atoms with Crippen LogP contribution in [0.15, 0.2) is 35.3 Å². The van der Waals surface area contributed by atoms with Crippen molar-refractivity contribution in [3.8, 4) is 0 Å². The second-order valence-electron chi connectivity index (χ2n) is 2.86. The number of hydrogen-bond donors (Lipinski definition) is 2. The highest BCUT2D eigenvalue weighted by Crippen LogP contribution is 2.20. The summed E-state index contributed by atoms with van der Waals surface area (Å²) < 4.78 is 0. The number of benzene rings is 1. The Morgan fingerprint density at radius 3 is 2.40 bits per heavy atom. The van der Waals surface area contributed by atoms with Crippen molar-refractivity contribution in [1.82, 2.24) is 0 Å². The van der Waals surface area contributed by atoms with E-state index in [4.69, 9.17) is 5.11 Å². The molecule has 0 spiro atoms. The Hall–Kier alpha value is -1.97. The molecule has 2 unspecified atom stereocenters. The standard InChI is InChI=1S/C10H9NO4/c12-6-11-8(9(13)10(14)15)7-4-2-1-3-5-7/h1-5,8-9,13H,(H,14,15). The van der Waals surface area contributed by atoms with Crippen LogP contribution in [0.1, 0.15) is 11.6 Å². The first-order valence-electron chi connectivity index (χ1n) is 4.19. The maximum absolute atomic E-state index is 10.5. The lowest BCUT2D eigenvalue weighted by Gasteiger charge is -2.13. The lowest BCUT2D eigenvalue weighted by molar-refractivity contribution is -0.147. The Balaban J connectivity index is 3.03. The lowest BCUT2D eigenvalue weighted by Crippen LogP contribution is -2.26. The highest BCUT2D eigenvalue weighted by atomic mass is 16.4. The van der Waals surface area contributed by atoms with Gasteiger partial charge in [-0.2, -0.15) is 4.99 Å². The van der Waals surface area contributed by atoms with Gasteiger partial charge in [-0.15, -0.1) is 0 Å². The van der Waals surface area contributed by atoms with Crippen LogP contribution in [0.25, 0.3) is 0 Å². The summed E-state index contributed by atoms with van der Waals surface area (Å²) in [5, 5.41) is 17.9. The van der Waals surface area contributed by atoms with Gasteiger partial charge in [0.05, 0.1) is 0 Å². The van der Waals surface area contributed by atoms with Crippen LogP contribution in [0.5, 0.6) is 0 Å². The fraction of sp³-hybridized carbons (Fsp3) is 0.200. The molecule has 0 heterocycles. The van der Waals surface area contributed by atoms with Gasteiger partial charge in [-0.05, 0) is 5.56 Å². The van der Waals surface area contributed by atoms with E-state index in [0.29, 0.717) is 5.56 Å². The number of carboxylic acids is 1. The van der Waals surface area contributed by atoms with Gasteiger partial charge in [-0.3, -0.25) is 0 Å². The predicted octanol–water partition coefficient (Wildman–Crippen LogP) is 0.509. The van der Waals surface area contributed by atoms with E-state index in [-0.39, 0.29) is 0 Å². The third kappa shape index (κ3) is 2.74. The number of aliphatic hydroxyl groups is 1. The average Bonchev–Trinajstić information content (AvgIpc) is 2.26. The molecule has 0 fully saturated rings. The number of carbonyl (C=O) groups is 1. The van der Waals surface area contributed by atoms with Crippen molar-refractivity contribution in [3.63, 3.8) is 0 Å². The summed E-state index contributed by atoms with van der Waals surface area (Å²) in [6.45, 7) is 0. The van der Waals surface area contributed by atoms with Gasteiger partial charge in [-0.25, -0.2) is 9.59 Å². The molecule has 78 valence electrons. The second-order valence-corrected chi connectivity index (χ2v) is 2.86. The minimum Gasteiger partial charge on any atom is -0.479 e. The molecular formula is C10H9NO4. The van der Waals surface area contributed by atoms with Crippen molar-refractivity contribution in [2.45, 2.75) is 12.1 Å². The van der Waals surface area contributed by atoms with Crippen LogP contribution < -0.4 is 0 Å². The summed E-state index contributed by atoms with van der Waals surface area (Å²) in [5.41, 5.74) is 0.454. The Morgan fingerprint density at radius 2 is 1.93 bits per heavy atom. The van der Waals surface area contributed by atoms with Crippen LogP contribution in [0.4, 0.5) is 0 Å². The molecule has 0 saturated heterocycles. The monoisotopic (exact) mass is 207 g/mol. The predicted molar refractivity (Wildman–Crippen MR) is 50.9 cm³/mol. The van der Waals surface area contributed by atoms with Crippen molar-refractivity contribution in [2.75, 3.05) is 0 Å². The molecule has 2 N–H and O–H groups in total. The minimum absolute atomic E-state index is 0.454. The SMILES string of the molecule is O=C=NC(c1ccccc1)C(O)C(=O)O. The normalized spacial score (nSPS) is 13.7. The Labute approximate surface area is 85.7 Å². The van der Waals surface area contributed by atoms with Gasteiger partial charge in [0.25, 0.3) is 0 Å². The quantitative estimate of drug-likeness (QED) is 0.556. The molecule has 0 aromatic heterocycles. The van der Waals surface area contributed by atoms with Crippen LogP contribution in [-0.2, 0) is 9.59 Å². The summed E-state index contributed by atoms with van der Waals surface area (Å²) in [6, 6.07) is 7.11. The fourth-order valence-corrected chi connectivity index (χ4v) is 1.17. The Kier molecular flexibility index (Phi) is 3.74. The summed E-state index contributed by atoms with van der Waals surface area (Å²) in [5.74, 6) is -1.43.